The summed E-state index contributed by atoms with van der Waals surface area (Å²) < 4.78 is 18.6. The van der Waals surface area contributed by atoms with Gasteiger partial charge in [-0.1, -0.05) is 18.6 Å². The maximum absolute atomic E-state index is 13.3. The zero-order valence-electron chi connectivity index (χ0n) is 14.8. The highest BCUT2D eigenvalue weighted by Crippen LogP contribution is 2.24. The molecule has 5 nitrogen and oxygen atoms in total. The van der Waals surface area contributed by atoms with Crippen molar-refractivity contribution in [3.8, 4) is 0 Å². The van der Waals surface area contributed by atoms with Crippen LogP contribution in [-0.2, 0) is 0 Å². The Morgan fingerprint density at radius 1 is 1.19 bits per heavy atom. The number of carbonyl (C=O) groups is 1. The number of nitrogens with one attached hydrogen (secondary N) is 1. The van der Waals surface area contributed by atoms with Gasteiger partial charge in [-0.25, -0.2) is 4.39 Å². The highest BCUT2D eigenvalue weighted by atomic mass is 19.1. The van der Waals surface area contributed by atoms with Crippen LogP contribution in [-0.4, -0.2) is 30.4 Å². The third kappa shape index (κ3) is 4.58. The average molecular weight is 358 g/mol. The number of benzene rings is 1. The summed E-state index contributed by atoms with van der Waals surface area (Å²) in [5.74, 6) is -0.299. The first-order valence-electron chi connectivity index (χ1n) is 8.92. The first kappa shape index (κ1) is 18.3. The Labute approximate surface area is 151 Å². The van der Waals surface area contributed by atoms with Crippen LogP contribution in [0.25, 0.3) is 0 Å². The number of nitrogens with zero attached hydrogens (tertiary/aromatic N) is 1. The van der Waals surface area contributed by atoms with Crippen molar-refractivity contribution < 1.29 is 13.6 Å². The molecule has 1 amide bonds. The summed E-state index contributed by atoms with van der Waals surface area (Å²) in [5.41, 5.74) is 0.698. The van der Waals surface area contributed by atoms with Gasteiger partial charge in [0.05, 0.1) is 6.04 Å². The van der Waals surface area contributed by atoms with Crippen LogP contribution < -0.4 is 10.7 Å². The molecule has 3 rings (SSSR count). The van der Waals surface area contributed by atoms with E-state index in [2.05, 4.69) is 10.2 Å². The summed E-state index contributed by atoms with van der Waals surface area (Å²) in [4.78, 5) is 26.3. The minimum atomic E-state index is -0.421. The van der Waals surface area contributed by atoms with Crippen LogP contribution >= 0.6 is 0 Å². The largest absolute Gasteiger partial charge is 0.456 e. The number of aryl methyl sites for hydroxylation is 1. The van der Waals surface area contributed by atoms with Crippen molar-refractivity contribution in [2.24, 2.45) is 0 Å². The second-order valence-corrected chi connectivity index (χ2v) is 6.64. The second kappa shape index (κ2) is 8.27. The smallest absolute Gasteiger partial charge is 0.287 e. The number of carbonyl (C=O) groups excluding carboxylic acids is 1. The van der Waals surface area contributed by atoms with Gasteiger partial charge in [0.1, 0.15) is 11.6 Å². The molecule has 1 N–H and O–H groups in total. The number of piperidine rings is 1. The van der Waals surface area contributed by atoms with Gasteiger partial charge in [0.15, 0.2) is 11.2 Å². The molecule has 1 aromatic carbocycles. The predicted octanol–water partition coefficient (Wildman–Crippen LogP) is 3.04. The summed E-state index contributed by atoms with van der Waals surface area (Å²) in [6.07, 6.45) is 3.42. The Hall–Kier alpha value is -2.47. The normalized spacial score (nSPS) is 16.2. The minimum absolute atomic E-state index is 0.00602. The Morgan fingerprint density at radius 2 is 1.88 bits per heavy atom. The Kier molecular flexibility index (Phi) is 5.83. The van der Waals surface area contributed by atoms with Gasteiger partial charge in [0.2, 0.25) is 0 Å². The van der Waals surface area contributed by atoms with Crippen LogP contribution in [0.1, 0.15) is 47.2 Å². The predicted molar refractivity (Wildman–Crippen MR) is 96.6 cm³/mol. The molecule has 1 fully saturated rings. The fourth-order valence-electron chi connectivity index (χ4n) is 3.36. The number of rotatable bonds is 5. The lowest BCUT2D eigenvalue weighted by atomic mass is 10.0. The molecule has 0 radical (unpaired) electrons. The van der Waals surface area contributed by atoms with Crippen LogP contribution in [0.2, 0.25) is 0 Å². The van der Waals surface area contributed by atoms with Crippen molar-refractivity contribution in [3.63, 3.8) is 0 Å². The molecular weight excluding hydrogens is 335 g/mol. The van der Waals surface area contributed by atoms with E-state index in [1.807, 2.05) is 0 Å². The van der Waals surface area contributed by atoms with Gasteiger partial charge in [0.25, 0.3) is 5.91 Å². The average Bonchev–Trinajstić information content (AvgIpc) is 2.63. The molecule has 0 spiro atoms. The molecule has 26 heavy (non-hydrogen) atoms. The van der Waals surface area contributed by atoms with E-state index in [1.165, 1.54) is 30.7 Å². The summed E-state index contributed by atoms with van der Waals surface area (Å²) in [6, 6.07) is 8.88. The van der Waals surface area contributed by atoms with E-state index in [9.17, 15) is 14.0 Å². The van der Waals surface area contributed by atoms with Gasteiger partial charge in [-0.2, -0.15) is 0 Å². The van der Waals surface area contributed by atoms with Gasteiger partial charge in [-0.15, -0.1) is 0 Å². The number of likely N-dealkylation sites (tertiary alicyclic amines) is 1. The van der Waals surface area contributed by atoms with Gasteiger partial charge >= 0.3 is 0 Å². The van der Waals surface area contributed by atoms with E-state index in [0.29, 0.717) is 12.3 Å². The SMILES string of the molecule is Cc1cc(=O)cc(C(=O)NC[C@@H](c2ccc(F)cc2)N2CCCCC2)o1. The molecule has 0 aliphatic carbocycles. The lowest BCUT2D eigenvalue weighted by Crippen LogP contribution is -2.40. The van der Waals surface area contributed by atoms with Gasteiger partial charge < -0.3 is 9.73 Å². The Morgan fingerprint density at radius 3 is 2.54 bits per heavy atom. The van der Waals surface area contributed by atoms with Crippen LogP contribution in [0.4, 0.5) is 4.39 Å². The van der Waals surface area contributed by atoms with Gasteiger partial charge in [-0.3, -0.25) is 14.5 Å². The van der Waals surface area contributed by atoms with E-state index < -0.39 is 5.91 Å². The third-order valence-electron chi connectivity index (χ3n) is 4.66. The fraction of sp³-hybridized carbons (Fsp3) is 0.400. The topological polar surface area (TPSA) is 62.6 Å². The molecule has 138 valence electrons. The summed E-state index contributed by atoms with van der Waals surface area (Å²) >= 11 is 0. The summed E-state index contributed by atoms with van der Waals surface area (Å²) in [6.45, 7) is 3.88. The molecule has 1 aliphatic heterocycles. The lowest BCUT2D eigenvalue weighted by Gasteiger charge is -2.35. The molecule has 2 aromatic rings. The van der Waals surface area contributed by atoms with Gasteiger partial charge in [0, 0.05) is 18.7 Å². The van der Waals surface area contributed by atoms with E-state index in [0.717, 1.165) is 31.5 Å². The maximum Gasteiger partial charge on any atom is 0.287 e. The van der Waals surface area contributed by atoms with Crippen molar-refractivity contribution in [2.75, 3.05) is 19.6 Å². The van der Waals surface area contributed by atoms with Crippen molar-refractivity contribution in [2.45, 2.75) is 32.2 Å². The van der Waals surface area contributed by atoms with Crippen molar-refractivity contribution in [1.82, 2.24) is 10.2 Å². The van der Waals surface area contributed by atoms with Crippen molar-refractivity contribution >= 4 is 5.91 Å². The quantitative estimate of drug-likeness (QED) is 0.892. The number of hydrogen-bond donors (Lipinski definition) is 1. The Balaban J connectivity index is 1.75. The molecule has 1 atom stereocenters. The molecule has 2 heterocycles. The first-order valence-corrected chi connectivity index (χ1v) is 8.92. The summed E-state index contributed by atoms with van der Waals surface area (Å²) in [5, 5.41) is 2.86. The lowest BCUT2D eigenvalue weighted by molar-refractivity contribution is 0.0893. The molecule has 0 saturated carbocycles. The van der Waals surface area contributed by atoms with E-state index >= 15 is 0 Å². The molecule has 1 aromatic heterocycles. The van der Waals surface area contributed by atoms with Gasteiger partial charge in [-0.05, 0) is 50.6 Å². The first-order chi connectivity index (χ1) is 12.5. The minimum Gasteiger partial charge on any atom is -0.456 e. The number of hydrogen-bond acceptors (Lipinski definition) is 4. The van der Waals surface area contributed by atoms with Crippen molar-refractivity contribution in [1.29, 1.82) is 0 Å². The van der Waals surface area contributed by atoms with Crippen molar-refractivity contribution in [3.05, 3.63) is 69.5 Å². The standard InChI is InChI=1S/C20H23FN2O3/c1-14-11-17(24)12-19(26-14)20(25)22-13-18(23-9-3-2-4-10-23)15-5-7-16(21)8-6-15/h5-8,11-12,18H,2-4,9-10,13H2,1H3,(H,22,25)/t18-/m0/s1. The highest BCUT2D eigenvalue weighted by molar-refractivity contribution is 5.91. The summed E-state index contributed by atoms with van der Waals surface area (Å²) in [7, 11) is 0. The highest BCUT2D eigenvalue weighted by Gasteiger charge is 2.23. The molecule has 1 aliphatic rings. The fourth-order valence-corrected chi connectivity index (χ4v) is 3.36. The van der Waals surface area contributed by atoms with E-state index in [4.69, 9.17) is 4.42 Å². The molecule has 1 saturated heterocycles. The van der Waals surface area contributed by atoms with Crippen LogP contribution in [0.5, 0.6) is 0 Å². The zero-order chi connectivity index (χ0) is 18.5. The molecular formula is C20H23FN2O3. The monoisotopic (exact) mass is 358 g/mol. The van der Waals surface area contributed by atoms with E-state index in [-0.39, 0.29) is 23.0 Å². The van der Waals surface area contributed by atoms with Crippen LogP contribution in [0, 0.1) is 12.7 Å². The maximum atomic E-state index is 13.3. The molecule has 0 unspecified atom stereocenters. The zero-order valence-corrected chi connectivity index (χ0v) is 14.8. The number of amides is 1. The third-order valence-corrected chi connectivity index (χ3v) is 4.66. The van der Waals surface area contributed by atoms with E-state index in [1.54, 1.807) is 19.1 Å². The molecule has 6 heteroatoms. The molecule has 0 bridgehead atoms. The number of halogens is 1. The van der Waals surface area contributed by atoms with Crippen LogP contribution in [0.15, 0.2) is 45.6 Å². The van der Waals surface area contributed by atoms with Crippen LogP contribution in [0.3, 0.4) is 0 Å². The Bertz CT molecular complexity index is 811. The second-order valence-electron chi connectivity index (χ2n) is 6.64.